The minimum absolute atomic E-state index is 0.0635. The fourth-order valence-electron chi connectivity index (χ4n) is 2.48. The van der Waals surface area contributed by atoms with Gasteiger partial charge in [-0.1, -0.05) is 6.42 Å². The topological polar surface area (TPSA) is 27.7 Å². The van der Waals surface area contributed by atoms with E-state index in [1.807, 2.05) is 13.8 Å². The molecular weight excluding hydrogens is 325 g/mol. The number of benzene rings is 1. The van der Waals surface area contributed by atoms with Crippen LogP contribution in [0.15, 0.2) is 12.1 Å². The predicted octanol–water partition coefficient (Wildman–Crippen LogP) is 3.23. The standard InChI is InChI=1S/C16H25F3O3Si/c1-3-20-16(22-23,21-4-2)9-7-5-6-8-13-14(18)10-12(17)11-15(13)19/h10-11H,3-9H2,1-2,23H3. The van der Waals surface area contributed by atoms with Crippen molar-refractivity contribution < 1.29 is 27.1 Å². The van der Waals surface area contributed by atoms with Crippen LogP contribution in [0.1, 0.15) is 45.1 Å². The first-order chi connectivity index (χ1) is 11.0. The average molecular weight is 350 g/mol. The number of rotatable bonds is 11. The smallest absolute Gasteiger partial charge is 0.272 e. The SMILES string of the molecule is CCOC(CCCCCc1c(F)cc(F)cc1F)(O[SiH3])OCC. The zero-order chi connectivity index (χ0) is 17.3. The Labute approximate surface area is 138 Å². The molecule has 0 unspecified atom stereocenters. The molecule has 0 heterocycles. The second-order valence-electron chi connectivity index (χ2n) is 5.16. The number of hydrogen-bond acceptors (Lipinski definition) is 3. The lowest BCUT2D eigenvalue weighted by Crippen LogP contribution is -2.38. The van der Waals surface area contributed by atoms with Gasteiger partial charge in [0.2, 0.25) is 0 Å². The van der Waals surface area contributed by atoms with Crippen LogP contribution in [0.2, 0.25) is 0 Å². The van der Waals surface area contributed by atoms with E-state index in [1.54, 1.807) is 0 Å². The maximum atomic E-state index is 13.5. The summed E-state index contributed by atoms with van der Waals surface area (Å²) in [5.74, 6) is -3.56. The van der Waals surface area contributed by atoms with Crippen LogP contribution in [0.3, 0.4) is 0 Å². The van der Waals surface area contributed by atoms with Gasteiger partial charge in [-0.05, 0) is 33.1 Å². The highest BCUT2D eigenvalue weighted by atomic mass is 28.2. The van der Waals surface area contributed by atoms with Crippen molar-refractivity contribution in [2.75, 3.05) is 13.2 Å². The van der Waals surface area contributed by atoms with Crippen LogP contribution in [0, 0.1) is 17.5 Å². The highest BCUT2D eigenvalue weighted by Crippen LogP contribution is 2.23. The maximum absolute atomic E-state index is 13.5. The Morgan fingerprint density at radius 2 is 1.52 bits per heavy atom. The lowest BCUT2D eigenvalue weighted by molar-refractivity contribution is -0.344. The zero-order valence-corrected chi connectivity index (χ0v) is 16.0. The van der Waals surface area contributed by atoms with Crippen molar-refractivity contribution in [2.24, 2.45) is 0 Å². The van der Waals surface area contributed by atoms with Crippen LogP contribution in [0.5, 0.6) is 0 Å². The molecule has 0 aliphatic rings. The molecule has 7 heteroatoms. The van der Waals surface area contributed by atoms with E-state index >= 15 is 0 Å². The van der Waals surface area contributed by atoms with Gasteiger partial charge in [-0.25, -0.2) is 13.2 Å². The first-order valence-corrected chi connectivity index (χ1v) is 8.76. The number of ether oxygens (including phenoxy) is 2. The third kappa shape index (κ3) is 6.25. The van der Waals surface area contributed by atoms with Crippen molar-refractivity contribution in [1.29, 1.82) is 0 Å². The quantitative estimate of drug-likeness (QED) is 0.348. The third-order valence-corrected chi connectivity index (χ3v) is 4.18. The molecule has 132 valence electrons. The molecule has 0 amide bonds. The second kappa shape index (κ2) is 10.1. The third-order valence-electron chi connectivity index (χ3n) is 3.56. The monoisotopic (exact) mass is 350 g/mol. The van der Waals surface area contributed by atoms with Gasteiger partial charge in [-0.15, -0.1) is 0 Å². The zero-order valence-electron chi connectivity index (χ0n) is 14.0. The summed E-state index contributed by atoms with van der Waals surface area (Å²) in [5, 5.41) is 0. The van der Waals surface area contributed by atoms with E-state index in [0.29, 0.717) is 48.7 Å². The van der Waals surface area contributed by atoms with Crippen molar-refractivity contribution >= 4 is 10.5 Å². The lowest BCUT2D eigenvalue weighted by atomic mass is 10.0. The van der Waals surface area contributed by atoms with Crippen LogP contribution in [0.25, 0.3) is 0 Å². The molecule has 0 saturated heterocycles. The predicted molar refractivity (Wildman–Crippen MR) is 85.5 cm³/mol. The summed E-state index contributed by atoms with van der Waals surface area (Å²) in [7, 11) is 0.486. The van der Waals surface area contributed by atoms with Crippen molar-refractivity contribution in [2.45, 2.75) is 51.9 Å². The molecule has 3 nitrogen and oxygen atoms in total. The molecule has 1 rings (SSSR count). The van der Waals surface area contributed by atoms with Gasteiger partial charge in [0.1, 0.15) is 17.5 Å². The molecule has 0 atom stereocenters. The summed E-state index contributed by atoms with van der Waals surface area (Å²) in [6.07, 6.45) is 2.87. The molecule has 23 heavy (non-hydrogen) atoms. The van der Waals surface area contributed by atoms with Gasteiger partial charge in [-0.3, -0.25) is 0 Å². The number of unbranched alkanes of at least 4 members (excludes halogenated alkanes) is 2. The van der Waals surface area contributed by atoms with E-state index in [0.717, 1.165) is 12.8 Å². The van der Waals surface area contributed by atoms with E-state index in [2.05, 4.69) is 0 Å². The van der Waals surface area contributed by atoms with Crippen LogP contribution in [-0.2, 0) is 20.3 Å². The molecule has 1 aromatic rings. The van der Waals surface area contributed by atoms with Crippen molar-refractivity contribution in [3.63, 3.8) is 0 Å². The first kappa shape index (κ1) is 20.2. The summed E-state index contributed by atoms with van der Waals surface area (Å²) in [5.41, 5.74) is -0.0635. The highest BCUT2D eigenvalue weighted by molar-refractivity contribution is 5.98. The molecule has 0 radical (unpaired) electrons. The van der Waals surface area contributed by atoms with Gasteiger partial charge in [0.25, 0.3) is 5.97 Å². The van der Waals surface area contributed by atoms with Gasteiger partial charge in [-0.2, -0.15) is 0 Å². The van der Waals surface area contributed by atoms with Crippen LogP contribution in [0.4, 0.5) is 13.2 Å². The van der Waals surface area contributed by atoms with Crippen molar-refractivity contribution in [3.8, 4) is 0 Å². The van der Waals surface area contributed by atoms with Gasteiger partial charge >= 0.3 is 0 Å². The minimum Gasteiger partial charge on any atom is -0.380 e. The molecule has 0 spiro atoms. The molecule has 0 N–H and O–H groups in total. The van der Waals surface area contributed by atoms with E-state index in [4.69, 9.17) is 13.9 Å². The summed E-state index contributed by atoms with van der Waals surface area (Å²) >= 11 is 0. The average Bonchev–Trinajstić information content (AvgIpc) is 2.49. The normalized spacial score (nSPS) is 12.0. The summed E-state index contributed by atoms with van der Waals surface area (Å²) in [4.78, 5) is 0. The maximum Gasteiger partial charge on any atom is 0.272 e. The Kier molecular flexibility index (Phi) is 8.83. The van der Waals surface area contributed by atoms with Gasteiger partial charge in [0.05, 0.1) is 0 Å². The highest BCUT2D eigenvalue weighted by Gasteiger charge is 2.29. The van der Waals surface area contributed by atoms with Crippen LogP contribution >= 0.6 is 0 Å². The van der Waals surface area contributed by atoms with E-state index in [-0.39, 0.29) is 12.0 Å². The van der Waals surface area contributed by atoms with E-state index < -0.39 is 23.4 Å². The molecule has 0 aliphatic heterocycles. The van der Waals surface area contributed by atoms with Gasteiger partial charge in [0, 0.05) is 37.3 Å². The molecule has 0 aromatic heterocycles. The number of halogens is 3. The Bertz CT molecular complexity index is 457. The largest absolute Gasteiger partial charge is 0.380 e. The Balaban J connectivity index is 2.45. The summed E-state index contributed by atoms with van der Waals surface area (Å²) in [6.45, 7) is 4.70. The second-order valence-corrected chi connectivity index (χ2v) is 5.57. The molecule has 0 bridgehead atoms. The Hall–Kier alpha value is -0.893. The lowest BCUT2D eigenvalue weighted by Gasteiger charge is -2.31. The van der Waals surface area contributed by atoms with Gasteiger partial charge < -0.3 is 13.9 Å². The molecule has 0 aliphatic carbocycles. The Morgan fingerprint density at radius 3 is 2.00 bits per heavy atom. The van der Waals surface area contributed by atoms with Crippen molar-refractivity contribution in [3.05, 3.63) is 35.1 Å². The molecule has 0 fully saturated rings. The first-order valence-electron chi connectivity index (χ1n) is 7.94. The van der Waals surface area contributed by atoms with Crippen LogP contribution in [-0.4, -0.2) is 29.7 Å². The van der Waals surface area contributed by atoms with Crippen LogP contribution < -0.4 is 0 Å². The summed E-state index contributed by atoms with van der Waals surface area (Å²) in [6, 6.07) is 1.42. The molecule has 0 saturated carbocycles. The fourth-order valence-corrected chi connectivity index (χ4v) is 2.92. The fraction of sp³-hybridized carbons (Fsp3) is 0.625. The Morgan fingerprint density at radius 1 is 0.957 bits per heavy atom. The van der Waals surface area contributed by atoms with E-state index in [9.17, 15) is 13.2 Å². The minimum atomic E-state index is -0.998. The number of hydrogen-bond donors (Lipinski definition) is 0. The van der Waals surface area contributed by atoms with Crippen molar-refractivity contribution in [1.82, 2.24) is 0 Å². The van der Waals surface area contributed by atoms with Gasteiger partial charge in [0.15, 0.2) is 10.5 Å². The summed E-state index contributed by atoms with van der Waals surface area (Å²) < 4.78 is 56.5. The molecular formula is C16H25F3O3Si. The van der Waals surface area contributed by atoms with E-state index in [1.165, 1.54) is 0 Å². The molecule has 1 aromatic carbocycles.